The number of anilines is 2. The maximum atomic E-state index is 12.8. The van der Waals surface area contributed by atoms with Gasteiger partial charge < -0.3 is 20.4 Å². The summed E-state index contributed by atoms with van der Waals surface area (Å²) in [6, 6.07) is 12.5. The maximum absolute atomic E-state index is 12.8. The van der Waals surface area contributed by atoms with E-state index in [1.807, 2.05) is 34.5 Å². The molecule has 2 aromatic heterocycles. The molecule has 3 aromatic rings. The lowest BCUT2D eigenvalue weighted by molar-refractivity contribution is -0.130. The van der Waals surface area contributed by atoms with Crippen molar-refractivity contribution in [3.05, 3.63) is 70.7 Å². The minimum atomic E-state index is -0.363. The summed E-state index contributed by atoms with van der Waals surface area (Å²) in [6.45, 7) is 4.10. The summed E-state index contributed by atoms with van der Waals surface area (Å²) in [7, 11) is 0. The molecule has 3 heterocycles. The van der Waals surface area contributed by atoms with Gasteiger partial charge in [-0.05, 0) is 35.2 Å². The van der Waals surface area contributed by atoms with Gasteiger partial charge in [0.2, 0.25) is 23.7 Å². The molecule has 1 fully saturated rings. The van der Waals surface area contributed by atoms with Crippen LogP contribution in [0.15, 0.2) is 60.2 Å². The molecular weight excluding hydrogens is 464 g/mol. The van der Waals surface area contributed by atoms with Crippen LogP contribution in [0.5, 0.6) is 0 Å². The average molecular weight is 493 g/mol. The maximum Gasteiger partial charge on any atom is 0.227 e. The lowest BCUT2D eigenvalue weighted by atomic mass is 10.1. The van der Waals surface area contributed by atoms with E-state index in [0.717, 1.165) is 10.4 Å². The number of aromatic nitrogens is 2. The van der Waals surface area contributed by atoms with E-state index in [2.05, 4.69) is 25.5 Å². The summed E-state index contributed by atoms with van der Waals surface area (Å²) in [4.78, 5) is 50.3. The highest BCUT2D eigenvalue weighted by Crippen LogP contribution is 2.23. The SMILES string of the molecule is CC(=O)NC(CC(=O)Nc1ccc(CC(=O)N2CCN(c3ncccn3)CC2)cc1)c1cccs1. The number of amides is 3. The van der Waals surface area contributed by atoms with Crippen LogP contribution in [0, 0.1) is 0 Å². The van der Waals surface area contributed by atoms with E-state index in [4.69, 9.17) is 0 Å². The second kappa shape index (κ2) is 11.6. The molecule has 1 aliphatic rings. The van der Waals surface area contributed by atoms with Gasteiger partial charge in [-0.1, -0.05) is 18.2 Å². The topological polar surface area (TPSA) is 108 Å². The van der Waals surface area contributed by atoms with Gasteiger partial charge in [-0.2, -0.15) is 0 Å². The Morgan fingerprint density at radius 2 is 1.71 bits per heavy atom. The molecule has 1 aliphatic heterocycles. The van der Waals surface area contributed by atoms with E-state index in [1.165, 1.54) is 18.3 Å². The number of hydrogen-bond acceptors (Lipinski definition) is 7. The Bertz CT molecular complexity index is 1130. The third kappa shape index (κ3) is 6.86. The van der Waals surface area contributed by atoms with Gasteiger partial charge in [0, 0.05) is 56.1 Å². The van der Waals surface area contributed by atoms with E-state index < -0.39 is 0 Å². The van der Waals surface area contributed by atoms with Crippen molar-refractivity contribution in [3.8, 4) is 0 Å². The van der Waals surface area contributed by atoms with Gasteiger partial charge in [0.1, 0.15) is 0 Å². The third-order valence-electron chi connectivity index (χ3n) is 5.71. The number of thiophene rings is 1. The first-order valence-corrected chi connectivity index (χ1v) is 12.3. The summed E-state index contributed by atoms with van der Waals surface area (Å²) < 4.78 is 0. The molecule has 4 rings (SSSR count). The van der Waals surface area contributed by atoms with Gasteiger partial charge in [0.25, 0.3) is 0 Å². The summed E-state index contributed by atoms with van der Waals surface area (Å²) in [6.07, 6.45) is 3.88. The highest BCUT2D eigenvalue weighted by molar-refractivity contribution is 7.10. The summed E-state index contributed by atoms with van der Waals surface area (Å²) >= 11 is 1.50. The predicted octanol–water partition coefficient (Wildman–Crippen LogP) is 2.64. The zero-order valence-corrected chi connectivity index (χ0v) is 20.3. The van der Waals surface area contributed by atoms with Crippen molar-refractivity contribution >= 4 is 40.7 Å². The number of carbonyl (C=O) groups is 3. The Morgan fingerprint density at radius 1 is 1.00 bits per heavy atom. The quantitative estimate of drug-likeness (QED) is 0.501. The van der Waals surface area contributed by atoms with Crippen LogP contribution >= 0.6 is 11.3 Å². The smallest absolute Gasteiger partial charge is 0.227 e. The van der Waals surface area contributed by atoms with E-state index in [-0.39, 0.29) is 30.2 Å². The molecule has 182 valence electrons. The lowest BCUT2D eigenvalue weighted by Crippen LogP contribution is -2.49. The molecule has 0 spiro atoms. The number of nitrogens with one attached hydrogen (secondary N) is 2. The minimum Gasteiger partial charge on any atom is -0.348 e. The molecule has 2 N–H and O–H groups in total. The number of rotatable bonds is 8. The standard InChI is InChI=1S/C25H28N6O3S/c1-18(32)28-21(22-4-2-15-35-22)17-23(33)29-20-7-5-19(6-8-20)16-24(34)30-11-13-31(14-12-30)25-26-9-3-10-27-25/h2-10,15,21H,11-14,16-17H2,1H3,(H,28,32)(H,29,33). The van der Waals surface area contributed by atoms with Gasteiger partial charge in [-0.25, -0.2) is 9.97 Å². The Morgan fingerprint density at radius 3 is 2.34 bits per heavy atom. The van der Waals surface area contributed by atoms with E-state index >= 15 is 0 Å². The van der Waals surface area contributed by atoms with Gasteiger partial charge in [0.05, 0.1) is 18.9 Å². The first-order valence-electron chi connectivity index (χ1n) is 11.5. The van der Waals surface area contributed by atoms with Crippen LogP contribution in [0.25, 0.3) is 0 Å². The van der Waals surface area contributed by atoms with E-state index in [9.17, 15) is 14.4 Å². The molecule has 0 radical (unpaired) electrons. The highest BCUT2D eigenvalue weighted by Gasteiger charge is 2.22. The van der Waals surface area contributed by atoms with Crippen molar-refractivity contribution in [1.82, 2.24) is 20.2 Å². The second-order valence-corrected chi connectivity index (χ2v) is 9.29. The molecule has 1 aromatic carbocycles. The minimum absolute atomic E-state index is 0.0736. The van der Waals surface area contributed by atoms with Gasteiger partial charge >= 0.3 is 0 Å². The molecule has 0 saturated carbocycles. The van der Waals surface area contributed by atoms with Gasteiger partial charge in [0.15, 0.2) is 0 Å². The first kappa shape index (κ1) is 24.3. The molecular formula is C25H28N6O3S. The molecule has 9 nitrogen and oxygen atoms in total. The molecule has 0 bridgehead atoms. The molecule has 1 unspecified atom stereocenters. The van der Waals surface area contributed by atoms with Crippen LogP contribution in [0.4, 0.5) is 11.6 Å². The highest BCUT2D eigenvalue weighted by atomic mass is 32.1. The molecule has 10 heteroatoms. The monoisotopic (exact) mass is 492 g/mol. The zero-order valence-electron chi connectivity index (χ0n) is 19.5. The summed E-state index contributed by atoms with van der Waals surface area (Å²) in [5.41, 5.74) is 1.53. The Kier molecular flexibility index (Phi) is 8.04. The first-order chi connectivity index (χ1) is 17.0. The van der Waals surface area contributed by atoms with Crippen molar-refractivity contribution in [2.75, 3.05) is 36.4 Å². The molecule has 0 aliphatic carbocycles. The van der Waals surface area contributed by atoms with E-state index in [0.29, 0.717) is 44.2 Å². The van der Waals surface area contributed by atoms with Crippen LogP contribution in [-0.4, -0.2) is 58.8 Å². The number of hydrogen-bond donors (Lipinski definition) is 2. The third-order valence-corrected chi connectivity index (χ3v) is 6.70. The normalized spacial score (nSPS) is 14.3. The largest absolute Gasteiger partial charge is 0.348 e. The molecule has 35 heavy (non-hydrogen) atoms. The fourth-order valence-electron chi connectivity index (χ4n) is 3.96. The molecule has 1 saturated heterocycles. The zero-order chi connectivity index (χ0) is 24.6. The Labute approximate surface area is 208 Å². The summed E-state index contributed by atoms with van der Waals surface area (Å²) in [5.74, 6) is 0.391. The van der Waals surface area contributed by atoms with Crippen LogP contribution < -0.4 is 15.5 Å². The van der Waals surface area contributed by atoms with Crippen LogP contribution in [-0.2, 0) is 20.8 Å². The average Bonchev–Trinajstić information content (AvgIpc) is 3.40. The van der Waals surface area contributed by atoms with Crippen molar-refractivity contribution in [3.63, 3.8) is 0 Å². The van der Waals surface area contributed by atoms with E-state index in [1.54, 1.807) is 30.6 Å². The number of carbonyl (C=O) groups excluding carboxylic acids is 3. The Balaban J connectivity index is 1.26. The van der Waals surface area contributed by atoms with Crippen molar-refractivity contribution in [1.29, 1.82) is 0 Å². The van der Waals surface area contributed by atoms with Crippen molar-refractivity contribution < 1.29 is 14.4 Å². The van der Waals surface area contributed by atoms with Crippen LogP contribution in [0.2, 0.25) is 0 Å². The predicted molar refractivity (Wildman–Crippen MR) is 135 cm³/mol. The van der Waals surface area contributed by atoms with Crippen LogP contribution in [0.3, 0.4) is 0 Å². The van der Waals surface area contributed by atoms with Gasteiger partial charge in [-0.15, -0.1) is 11.3 Å². The number of nitrogens with zero attached hydrogens (tertiary/aromatic N) is 4. The number of piperazine rings is 1. The fourth-order valence-corrected chi connectivity index (χ4v) is 4.74. The number of benzene rings is 1. The van der Waals surface area contributed by atoms with Gasteiger partial charge in [-0.3, -0.25) is 14.4 Å². The Hall–Kier alpha value is -3.79. The molecule has 3 amide bonds. The molecule has 1 atom stereocenters. The van der Waals surface area contributed by atoms with Crippen LogP contribution in [0.1, 0.15) is 29.8 Å². The van der Waals surface area contributed by atoms with Crippen molar-refractivity contribution in [2.45, 2.75) is 25.8 Å². The fraction of sp³-hybridized carbons (Fsp3) is 0.320. The second-order valence-electron chi connectivity index (χ2n) is 8.31. The lowest BCUT2D eigenvalue weighted by Gasteiger charge is -2.34. The summed E-state index contributed by atoms with van der Waals surface area (Å²) in [5, 5.41) is 7.62. The van der Waals surface area contributed by atoms with Crippen molar-refractivity contribution in [2.24, 2.45) is 0 Å².